The molecule has 0 aromatic heterocycles. The Morgan fingerprint density at radius 1 is 0.900 bits per heavy atom. The van der Waals surface area contributed by atoms with Crippen molar-refractivity contribution >= 4 is 35.6 Å². The summed E-state index contributed by atoms with van der Waals surface area (Å²) in [6.07, 6.45) is 0.831. The summed E-state index contributed by atoms with van der Waals surface area (Å²) in [6, 6.07) is 17.7. The average molecular weight is 471 g/mol. The van der Waals surface area contributed by atoms with Crippen molar-refractivity contribution in [2.45, 2.75) is 19.6 Å². The van der Waals surface area contributed by atoms with E-state index in [-0.39, 0.29) is 24.8 Å². The van der Waals surface area contributed by atoms with Crippen molar-refractivity contribution in [3.05, 3.63) is 93.2 Å². The maximum absolute atomic E-state index is 12.9. The lowest BCUT2D eigenvalue weighted by molar-refractivity contribution is 0.284. The zero-order valence-corrected chi connectivity index (χ0v) is 18.8. The van der Waals surface area contributed by atoms with Gasteiger partial charge >= 0.3 is 0 Å². The van der Waals surface area contributed by atoms with Gasteiger partial charge < -0.3 is 14.8 Å². The quantitative estimate of drug-likeness (QED) is 0.363. The van der Waals surface area contributed by atoms with Crippen LogP contribution in [0.5, 0.6) is 11.5 Å². The fraction of sp³-hybridized carbons (Fsp3) is 0.217. The number of benzene rings is 3. The first-order valence-corrected chi connectivity index (χ1v) is 10.00. The molecule has 0 spiro atoms. The zero-order chi connectivity index (χ0) is 20.6. The van der Waals surface area contributed by atoms with E-state index in [9.17, 15) is 4.39 Å². The van der Waals surface area contributed by atoms with E-state index in [4.69, 9.17) is 32.7 Å². The number of halogens is 4. The van der Waals surface area contributed by atoms with Crippen molar-refractivity contribution in [2.75, 3.05) is 13.7 Å². The lowest BCUT2D eigenvalue weighted by Crippen LogP contribution is -2.16. The largest absolute Gasteiger partial charge is 0.493 e. The predicted molar refractivity (Wildman–Crippen MR) is 123 cm³/mol. The van der Waals surface area contributed by atoms with Gasteiger partial charge in [0.15, 0.2) is 11.5 Å². The number of rotatable bonds is 9. The summed E-state index contributed by atoms with van der Waals surface area (Å²) < 4.78 is 24.3. The lowest BCUT2D eigenvalue weighted by Gasteiger charge is -2.14. The van der Waals surface area contributed by atoms with Gasteiger partial charge in [0, 0.05) is 22.2 Å². The minimum absolute atomic E-state index is 0. The fourth-order valence-electron chi connectivity index (χ4n) is 2.88. The van der Waals surface area contributed by atoms with Gasteiger partial charge in [0.25, 0.3) is 0 Å². The highest BCUT2D eigenvalue weighted by Gasteiger charge is 2.10. The first-order valence-electron chi connectivity index (χ1n) is 9.24. The highest BCUT2D eigenvalue weighted by Crippen LogP contribution is 2.31. The highest BCUT2D eigenvalue weighted by molar-refractivity contribution is 6.35. The molecule has 0 bridgehead atoms. The Labute approximate surface area is 192 Å². The normalized spacial score (nSPS) is 10.4. The molecule has 3 aromatic rings. The van der Waals surface area contributed by atoms with E-state index in [1.54, 1.807) is 37.4 Å². The van der Waals surface area contributed by atoms with E-state index in [0.29, 0.717) is 28.1 Å². The number of hydrogen-bond acceptors (Lipinski definition) is 3. The third kappa shape index (κ3) is 6.78. The number of methoxy groups -OCH3 is 1. The van der Waals surface area contributed by atoms with Gasteiger partial charge in [-0.3, -0.25) is 0 Å². The van der Waals surface area contributed by atoms with Crippen molar-refractivity contribution < 1.29 is 13.9 Å². The molecule has 0 heterocycles. The van der Waals surface area contributed by atoms with E-state index in [2.05, 4.69) is 5.32 Å². The molecule has 0 amide bonds. The first kappa shape index (κ1) is 24.3. The van der Waals surface area contributed by atoms with Crippen molar-refractivity contribution in [3.8, 4) is 11.5 Å². The van der Waals surface area contributed by atoms with Gasteiger partial charge in [0.05, 0.1) is 7.11 Å². The summed E-state index contributed by atoms with van der Waals surface area (Å²) in [5, 5.41) is 4.52. The SMILES string of the molecule is COc1cc(CNCCc2ccc(F)cc2)ccc1OCc1c(Cl)cccc1Cl.Cl. The third-order valence-electron chi connectivity index (χ3n) is 4.49. The fourth-order valence-corrected chi connectivity index (χ4v) is 3.38. The third-order valence-corrected chi connectivity index (χ3v) is 5.20. The van der Waals surface area contributed by atoms with Crippen LogP contribution in [-0.4, -0.2) is 13.7 Å². The second-order valence-electron chi connectivity index (χ2n) is 6.53. The van der Waals surface area contributed by atoms with Crippen LogP contribution in [-0.2, 0) is 19.6 Å². The van der Waals surface area contributed by atoms with E-state index in [1.165, 1.54) is 12.1 Å². The zero-order valence-electron chi connectivity index (χ0n) is 16.5. The van der Waals surface area contributed by atoms with Crippen LogP contribution in [0.25, 0.3) is 0 Å². The molecule has 0 aliphatic heterocycles. The smallest absolute Gasteiger partial charge is 0.161 e. The second-order valence-corrected chi connectivity index (χ2v) is 7.34. The maximum atomic E-state index is 12.9. The summed E-state index contributed by atoms with van der Waals surface area (Å²) >= 11 is 12.4. The van der Waals surface area contributed by atoms with Gasteiger partial charge in [-0.25, -0.2) is 4.39 Å². The minimum atomic E-state index is -0.215. The molecule has 3 aromatic carbocycles. The van der Waals surface area contributed by atoms with Crippen LogP contribution >= 0.6 is 35.6 Å². The molecule has 3 rings (SSSR count). The molecule has 0 saturated heterocycles. The van der Waals surface area contributed by atoms with Crippen molar-refractivity contribution in [1.29, 1.82) is 0 Å². The molecule has 7 heteroatoms. The van der Waals surface area contributed by atoms with Crippen molar-refractivity contribution in [1.82, 2.24) is 5.32 Å². The number of ether oxygens (including phenoxy) is 2. The minimum Gasteiger partial charge on any atom is -0.493 e. The Kier molecular flexibility index (Phi) is 9.73. The van der Waals surface area contributed by atoms with Gasteiger partial charge in [-0.05, 0) is 60.5 Å². The first-order chi connectivity index (χ1) is 14.1. The molecule has 0 unspecified atom stereocenters. The average Bonchev–Trinajstić information content (AvgIpc) is 2.72. The van der Waals surface area contributed by atoms with Crippen LogP contribution in [0, 0.1) is 5.82 Å². The van der Waals surface area contributed by atoms with Crippen LogP contribution < -0.4 is 14.8 Å². The molecule has 3 nitrogen and oxygen atoms in total. The Morgan fingerprint density at radius 3 is 2.23 bits per heavy atom. The molecular weight excluding hydrogens is 448 g/mol. The molecule has 1 N–H and O–H groups in total. The summed E-state index contributed by atoms with van der Waals surface area (Å²) in [5.74, 6) is 1.05. The lowest BCUT2D eigenvalue weighted by atomic mass is 10.1. The second kappa shape index (κ2) is 12.0. The van der Waals surface area contributed by atoms with Gasteiger partial charge in [0.2, 0.25) is 0 Å². The molecule has 0 fully saturated rings. The topological polar surface area (TPSA) is 30.5 Å². The Balaban J connectivity index is 0.00000320. The van der Waals surface area contributed by atoms with E-state index < -0.39 is 0 Å². The Bertz CT molecular complexity index is 931. The molecule has 0 radical (unpaired) electrons. The van der Waals surface area contributed by atoms with Crippen LogP contribution in [0.3, 0.4) is 0 Å². The van der Waals surface area contributed by atoms with Gasteiger partial charge in [-0.15, -0.1) is 12.4 Å². The highest BCUT2D eigenvalue weighted by atomic mass is 35.5. The molecule has 0 aliphatic rings. The summed E-state index contributed by atoms with van der Waals surface area (Å²) in [6.45, 7) is 1.73. The summed E-state index contributed by atoms with van der Waals surface area (Å²) in [4.78, 5) is 0. The number of nitrogens with one attached hydrogen (secondary N) is 1. The van der Waals surface area contributed by atoms with Crippen LogP contribution in [0.15, 0.2) is 60.7 Å². The number of hydrogen-bond donors (Lipinski definition) is 1. The van der Waals surface area contributed by atoms with Crippen LogP contribution in [0.4, 0.5) is 4.39 Å². The van der Waals surface area contributed by atoms with E-state index >= 15 is 0 Å². The van der Waals surface area contributed by atoms with Crippen LogP contribution in [0.2, 0.25) is 10.0 Å². The molecule has 160 valence electrons. The van der Waals surface area contributed by atoms with E-state index in [1.807, 2.05) is 18.2 Å². The molecule has 0 atom stereocenters. The molecule has 0 saturated carbocycles. The predicted octanol–water partition coefficient (Wildman–Crippen LogP) is 6.47. The monoisotopic (exact) mass is 469 g/mol. The molecular formula is C23H23Cl3FNO2. The van der Waals surface area contributed by atoms with Gasteiger partial charge in [-0.1, -0.05) is 47.5 Å². The Morgan fingerprint density at radius 2 is 1.57 bits per heavy atom. The van der Waals surface area contributed by atoms with E-state index in [0.717, 1.165) is 29.7 Å². The molecule has 0 aliphatic carbocycles. The van der Waals surface area contributed by atoms with Crippen molar-refractivity contribution in [3.63, 3.8) is 0 Å². The summed E-state index contributed by atoms with van der Waals surface area (Å²) in [7, 11) is 1.61. The Hall–Kier alpha value is -1.98. The maximum Gasteiger partial charge on any atom is 0.161 e. The molecule has 30 heavy (non-hydrogen) atoms. The summed E-state index contributed by atoms with van der Waals surface area (Å²) in [5.41, 5.74) is 2.91. The standard InChI is InChI=1S/C23H22Cl2FNO2.ClH/c1-28-23-13-17(14-27-12-11-16-5-8-18(26)9-6-16)7-10-22(23)29-15-19-20(24)3-2-4-21(19)25;/h2-10,13,27H,11-12,14-15H2,1H3;1H. The van der Waals surface area contributed by atoms with Crippen molar-refractivity contribution in [2.24, 2.45) is 0 Å². The van der Waals surface area contributed by atoms with Crippen LogP contribution in [0.1, 0.15) is 16.7 Å². The van der Waals surface area contributed by atoms with Gasteiger partial charge in [0.1, 0.15) is 12.4 Å². The van der Waals surface area contributed by atoms with Gasteiger partial charge in [-0.2, -0.15) is 0 Å².